The van der Waals surface area contributed by atoms with E-state index in [-0.39, 0.29) is 5.91 Å². The topological polar surface area (TPSA) is 84.9 Å². The highest BCUT2D eigenvalue weighted by atomic mass is 32.2. The second-order valence-corrected chi connectivity index (χ2v) is 9.33. The molecule has 1 N–H and O–H groups in total. The van der Waals surface area contributed by atoms with Crippen molar-refractivity contribution in [1.82, 2.24) is 5.32 Å². The summed E-state index contributed by atoms with van der Waals surface area (Å²) in [6.07, 6.45) is 0.432. The van der Waals surface area contributed by atoms with Gasteiger partial charge in [-0.3, -0.25) is 9.10 Å². The third kappa shape index (κ3) is 6.66. The summed E-state index contributed by atoms with van der Waals surface area (Å²) in [6, 6.07) is 14.4. The molecule has 30 heavy (non-hydrogen) atoms. The molecule has 0 aliphatic rings. The Kier molecular flexibility index (Phi) is 8.11. The molecule has 164 valence electrons. The fourth-order valence-electron chi connectivity index (χ4n) is 2.75. The molecule has 2 aromatic rings. The molecule has 7 nitrogen and oxygen atoms in total. The standard InChI is InChI=1S/C22H30N2O5S/c1-16(2)20-8-6-7-9-21(20)28-15-14-23-22(25)17(3)29-19-12-10-18(11-13-19)24(4)30(5,26)27/h6-13,16-17H,14-15H2,1-5H3,(H,23,25)/t17-/m1/s1. The lowest BCUT2D eigenvalue weighted by Crippen LogP contribution is -2.38. The molecule has 0 heterocycles. The van der Waals surface area contributed by atoms with E-state index in [0.29, 0.717) is 30.5 Å². The van der Waals surface area contributed by atoms with Crippen LogP contribution < -0.4 is 19.1 Å². The summed E-state index contributed by atoms with van der Waals surface area (Å²) in [7, 11) is -1.85. The van der Waals surface area contributed by atoms with E-state index >= 15 is 0 Å². The van der Waals surface area contributed by atoms with Gasteiger partial charge in [0.2, 0.25) is 10.0 Å². The van der Waals surface area contributed by atoms with Crippen molar-refractivity contribution in [3.8, 4) is 11.5 Å². The first-order valence-corrected chi connectivity index (χ1v) is 11.6. The molecule has 0 unspecified atom stereocenters. The van der Waals surface area contributed by atoms with Crippen LogP contribution in [-0.4, -0.2) is 46.9 Å². The minimum absolute atomic E-state index is 0.256. The number of nitrogens with one attached hydrogen (secondary N) is 1. The van der Waals surface area contributed by atoms with Crippen LogP contribution in [0.1, 0.15) is 32.3 Å². The van der Waals surface area contributed by atoms with E-state index in [0.717, 1.165) is 17.6 Å². The molecule has 0 radical (unpaired) electrons. The molecule has 2 aromatic carbocycles. The number of para-hydroxylation sites is 1. The van der Waals surface area contributed by atoms with Gasteiger partial charge in [-0.05, 0) is 48.7 Å². The highest BCUT2D eigenvalue weighted by Gasteiger charge is 2.16. The number of benzene rings is 2. The number of sulfonamides is 1. The fourth-order valence-corrected chi connectivity index (χ4v) is 3.26. The van der Waals surface area contributed by atoms with E-state index in [1.54, 1.807) is 31.2 Å². The smallest absolute Gasteiger partial charge is 0.260 e. The van der Waals surface area contributed by atoms with E-state index < -0.39 is 16.1 Å². The van der Waals surface area contributed by atoms with Gasteiger partial charge in [0.05, 0.1) is 18.5 Å². The normalized spacial score (nSPS) is 12.3. The Balaban J connectivity index is 1.81. The summed E-state index contributed by atoms with van der Waals surface area (Å²) in [4.78, 5) is 12.3. The summed E-state index contributed by atoms with van der Waals surface area (Å²) in [6.45, 7) is 6.58. The SMILES string of the molecule is CC(C)c1ccccc1OCCNC(=O)[C@@H](C)Oc1ccc(N(C)S(C)(=O)=O)cc1. The van der Waals surface area contributed by atoms with Crippen molar-refractivity contribution in [2.75, 3.05) is 30.8 Å². The van der Waals surface area contributed by atoms with Gasteiger partial charge in [0.25, 0.3) is 5.91 Å². The van der Waals surface area contributed by atoms with Gasteiger partial charge in [0, 0.05) is 7.05 Å². The third-order valence-corrected chi connectivity index (χ3v) is 5.79. The number of carbonyl (C=O) groups is 1. The highest BCUT2D eigenvalue weighted by Crippen LogP contribution is 2.25. The van der Waals surface area contributed by atoms with Crippen molar-refractivity contribution in [3.05, 3.63) is 54.1 Å². The zero-order chi connectivity index (χ0) is 22.3. The number of hydrogen-bond acceptors (Lipinski definition) is 5. The van der Waals surface area contributed by atoms with Gasteiger partial charge < -0.3 is 14.8 Å². The Hall–Kier alpha value is -2.74. The Morgan fingerprint density at radius 2 is 1.70 bits per heavy atom. The maximum absolute atomic E-state index is 12.3. The summed E-state index contributed by atoms with van der Waals surface area (Å²) in [5.74, 6) is 1.40. The minimum atomic E-state index is -3.33. The lowest BCUT2D eigenvalue weighted by Gasteiger charge is -2.18. The molecule has 0 aliphatic carbocycles. The number of anilines is 1. The van der Waals surface area contributed by atoms with Crippen LogP contribution >= 0.6 is 0 Å². The summed E-state index contributed by atoms with van der Waals surface area (Å²) >= 11 is 0. The van der Waals surface area contributed by atoms with Gasteiger partial charge in [0.15, 0.2) is 6.10 Å². The molecule has 0 fully saturated rings. The zero-order valence-electron chi connectivity index (χ0n) is 18.1. The molecule has 2 rings (SSSR count). The Morgan fingerprint density at radius 1 is 1.07 bits per heavy atom. The number of amides is 1. The number of carbonyl (C=O) groups excluding carboxylic acids is 1. The second kappa shape index (κ2) is 10.3. The van der Waals surface area contributed by atoms with Crippen LogP contribution in [0.2, 0.25) is 0 Å². The largest absolute Gasteiger partial charge is 0.491 e. The van der Waals surface area contributed by atoms with Crippen molar-refractivity contribution in [2.24, 2.45) is 0 Å². The van der Waals surface area contributed by atoms with Gasteiger partial charge in [0.1, 0.15) is 18.1 Å². The zero-order valence-corrected chi connectivity index (χ0v) is 18.9. The molecular formula is C22H30N2O5S. The van der Waals surface area contributed by atoms with Crippen LogP contribution in [0.4, 0.5) is 5.69 Å². The van der Waals surface area contributed by atoms with Crippen LogP contribution in [0.15, 0.2) is 48.5 Å². The van der Waals surface area contributed by atoms with Gasteiger partial charge >= 0.3 is 0 Å². The summed E-state index contributed by atoms with van der Waals surface area (Å²) in [5, 5.41) is 2.79. The van der Waals surface area contributed by atoms with E-state index in [4.69, 9.17) is 9.47 Å². The first-order valence-electron chi connectivity index (χ1n) is 9.79. The molecule has 1 amide bonds. The maximum atomic E-state index is 12.3. The number of rotatable bonds is 10. The Bertz CT molecular complexity index is 942. The number of ether oxygens (including phenoxy) is 2. The quantitative estimate of drug-likeness (QED) is 0.581. The molecule has 8 heteroatoms. The van der Waals surface area contributed by atoms with E-state index in [9.17, 15) is 13.2 Å². The van der Waals surface area contributed by atoms with Gasteiger partial charge in [-0.1, -0.05) is 32.0 Å². The monoisotopic (exact) mass is 434 g/mol. The molecule has 1 atom stereocenters. The fraction of sp³-hybridized carbons (Fsp3) is 0.409. The van der Waals surface area contributed by atoms with E-state index in [1.165, 1.54) is 11.4 Å². The lowest BCUT2D eigenvalue weighted by molar-refractivity contribution is -0.127. The van der Waals surface area contributed by atoms with Crippen molar-refractivity contribution in [2.45, 2.75) is 32.8 Å². The number of hydrogen-bond donors (Lipinski definition) is 1. The van der Waals surface area contributed by atoms with Crippen molar-refractivity contribution in [3.63, 3.8) is 0 Å². The molecule has 0 saturated heterocycles. The average Bonchev–Trinajstić information content (AvgIpc) is 2.70. The molecule has 0 aliphatic heterocycles. The van der Waals surface area contributed by atoms with Crippen molar-refractivity contribution >= 4 is 21.6 Å². The van der Waals surface area contributed by atoms with Gasteiger partial charge in [-0.25, -0.2) is 8.42 Å². The average molecular weight is 435 g/mol. The molecule has 0 spiro atoms. The van der Waals surface area contributed by atoms with Crippen LogP contribution in [0.3, 0.4) is 0 Å². The van der Waals surface area contributed by atoms with Gasteiger partial charge in [-0.15, -0.1) is 0 Å². The first kappa shape index (κ1) is 23.5. The van der Waals surface area contributed by atoms with Crippen LogP contribution in [0.5, 0.6) is 11.5 Å². The summed E-state index contributed by atoms with van der Waals surface area (Å²) in [5.41, 5.74) is 1.64. The van der Waals surface area contributed by atoms with Crippen molar-refractivity contribution in [1.29, 1.82) is 0 Å². The molecule has 0 saturated carbocycles. The second-order valence-electron chi connectivity index (χ2n) is 7.32. The molecule has 0 aromatic heterocycles. The first-order chi connectivity index (χ1) is 14.1. The third-order valence-electron chi connectivity index (χ3n) is 4.58. The van der Waals surface area contributed by atoms with Crippen LogP contribution in [0, 0.1) is 0 Å². The molecule has 0 bridgehead atoms. The Labute approximate surface area is 179 Å². The van der Waals surface area contributed by atoms with Crippen LogP contribution in [-0.2, 0) is 14.8 Å². The van der Waals surface area contributed by atoms with E-state index in [1.807, 2.05) is 24.3 Å². The highest BCUT2D eigenvalue weighted by molar-refractivity contribution is 7.92. The summed E-state index contributed by atoms with van der Waals surface area (Å²) < 4.78 is 35.8. The number of nitrogens with zero attached hydrogens (tertiary/aromatic N) is 1. The lowest BCUT2D eigenvalue weighted by atomic mass is 10.0. The van der Waals surface area contributed by atoms with Crippen molar-refractivity contribution < 1.29 is 22.7 Å². The predicted molar refractivity (Wildman–Crippen MR) is 119 cm³/mol. The maximum Gasteiger partial charge on any atom is 0.260 e. The van der Waals surface area contributed by atoms with Crippen LogP contribution in [0.25, 0.3) is 0 Å². The predicted octanol–water partition coefficient (Wildman–Crippen LogP) is 3.17. The molecular weight excluding hydrogens is 404 g/mol. The van der Waals surface area contributed by atoms with Gasteiger partial charge in [-0.2, -0.15) is 0 Å². The minimum Gasteiger partial charge on any atom is -0.491 e. The Morgan fingerprint density at radius 3 is 2.30 bits per heavy atom. The van der Waals surface area contributed by atoms with E-state index in [2.05, 4.69) is 19.2 Å².